The average Bonchev–Trinajstić information content (AvgIpc) is 2.03. The molecule has 0 spiro atoms. The fourth-order valence-electron chi connectivity index (χ4n) is 0.730. The lowest BCUT2D eigenvalue weighted by atomic mass is 10.3. The Hall–Kier alpha value is -1.36. The normalized spacial score (nSPS) is 8.77. The molecule has 0 fully saturated rings. The quantitative estimate of drug-likeness (QED) is 0.558. The molecule has 0 radical (unpaired) electrons. The molecule has 0 atom stereocenters. The Morgan fingerprint density at radius 3 is 2.69 bits per heavy atom. The molecule has 72 valence electrons. The van der Waals surface area contributed by atoms with Gasteiger partial charge < -0.3 is 10.5 Å². The first-order chi connectivity index (χ1) is 5.65. The average molecular weight is 206 g/mol. The van der Waals surface area contributed by atoms with Crippen LogP contribution in [0.4, 0.5) is 4.39 Å². The highest BCUT2D eigenvalue weighted by Crippen LogP contribution is 2.12. The summed E-state index contributed by atoms with van der Waals surface area (Å²) in [6, 6.07) is 1.13. The van der Waals surface area contributed by atoms with Crippen LogP contribution in [0.2, 0.25) is 0 Å². The molecule has 0 aliphatic carbocycles. The van der Waals surface area contributed by atoms with E-state index in [9.17, 15) is 4.39 Å². The monoisotopic (exact) mass is 205 g/mol. The van der Waals surface area contributed by atoms with Crippen LogP contribution in [0.5, 0.6) is 5.75 Å². The van der Waals surface area contributed by atoms with Gasteiger partial charge in [0.1, 0.15) is 17.3 Å². The van der Waals surface area contributed by atoms with Crippen molar-refractivity contribution >= 4 is 18.2 Å². The molecule has 1 aromatic rings. The molecule has 0 aliphatic rings. The van der Waals surface area contributed by atoms with E-state index in [-0.39, 0.29) is 18.1 Å². The lowest BCUT2D eigenvalue weighted by Crippen LogP contribution is -2.15. The van der Waals surface area contributed by atoms with Crippen LogP contribution < -0.4 is 10.5 Å². The van der Waals surface area contributed by atoms with Crippen molar-refractivity contribution in [2.75, 3.05) is 7.11 Å². The molecule has 3 N–H and O–H groups in total. The third kappa shape index (κ3) is 2.55. The van der Waals surface area contributed by atoms with Crippen molar-refractivity contribution in [3.63, 3.8) is 0 Å². The van der Waals surface area contributed by atoms with Gasteiger partial charge in [0.25, 0.3) is 0 Å². The van der Waals surface area contributed by atoms with Gasteiger partial charge in [0.05, 0.1) is 13.3 Å². The number of halogens is 2. The standard InChI is InChI=1S/C7H8FN3O.ClH/c1-12-4-2-5(8)6(7(9)10)11-3-4;/h2-3H,1H3,(H3,9,10);1H. The number of nitrogens with zero attached hydrogens (tertiary/aromatic N) is 1. The molecule has 0 saturated heterocycles. The number of hydrogen-bond donors (Lipinski definition) is 2. The summed E-state index contributed by atoms with van der Waals surface area (Å²) >= 11 is 0. The van der Waals surface area contributed by atoms with Crippen molar-refractivity contribution in [3.05, 3.63) is 23.8 Å². The predicted octanol–water partition coefficient (Wildman–Crippen LogP) is 0.935. The van der Waals surface area contributed by atoms with Gasteiger partial charge in [-0.1, -0.05) is 0 Å². The maximum Gasteiger partial charge on any atom is 0.156 e. The molecule has 1 aromatic heterocycles. The second kappa shape index (κ2) is 4.61. The highest BCUT2D eigenvalue weighted by molar-refractivity contribution is 5.93. The number of methoxy groups -OCH3 is 1. The number of ether oxygens (including phenoxy) is 1. The third-order valence-electron chi connectivity index (χ3n) is 1.31. The number of pyridine rings is 1. The lowest BCUT2D eigenvalue weighted by Gasteiger charge is -2.01. The molecule has 6 heteroatoms. The second-order valence-corrected chi connectivity index (χ2v) is 2.12. The van der Waals surface area contributed by atoms with E-state index in [1.165, 1.54) is 13.3 Å². The van der Waals surface area contributed by atoms with E-state index < -0.39 is 11.7 Å². The highest BCUT2D eigenvalue weighted by atomic mass is 35.5. The first-order valence-electron chi connectivity index (χ1n) is 3.19. The Bertz CT molecular complexity index is 319. The van der Waals surface area contributed by atoms with E-state index in [0.717, 1.165) is 6.07 Å². The van der Waals surface area contributed by atoms with Crippen molar-refractivity contribution in [3.8, 4) is 5.75 Å². The third-order valence-corrected chi connectivity index (χ3v) is 1.31. The van der Waals surface area contributed by atoms with E-state index in [1.54, 1.807) is 0 Å². The van der Waals surface area contributed by atoms with Gasteiger partial charge in [-0.2, -0.15) is 0 Å². The summed E-state index contributed by atoms with van der Waals surface area (Å²) in [7, 11) is 1.41. The Morgan fingerprint density at radius 2 is 2.31 bits per heavy atom. The molecule has 0 unspecified atom stereocenters. The topological polar surface area (TPSA) is 72.0 Å². The minimum atomic E-state index is -0.651. The Kier molecular flexibility index (Phi) is 4.13. The number of hydrogen-bond acceptors (Lipinski definition) is 3. The molecule has 4 nitrogen and oxygen atoms in total. The smallest absolute Gasteiger partial charge is 0.156 e. The van der Waals surface area contributed by atoms with Gasteiger partial charge in [0.15, 0.2) is 5.82 Å². The Morgan fingerprint density at radius 1 is 1.69 bits per heavy atom. The number of rotatable bonds is 2. The minimum Gasteiger partial charge on any atom is -0.495 e. The lowest BCUT2D eigenvalue weighted by molar-refractivity contribution is 0.408. The van der Waals surface area contributed by atoms with Crippen molar-refractivity contribution in [1.82, 2.24) is 4.98 Å². The van der Waals surface area contributed by atoms with E-state index >= 15 is 0 Å². The van der Waals surface area contributed by atoms with Crippen LogP contribution in [0.3, 0.4) is 0 Å². The molecule has 0 saturated carbocycles. The summed E-state index contributed by atoms with van der Waals surface area (Å²) < 4.78 is 17.6. The maximum absolute atomic E-state index is 12.9. The largest absolute Gasteiger partial charge is 0.495 e. The van der Waals surface area contributed by atoms with E-state index in [4.69, 9.17) is 15.9 Å². The van der Waals surface area contributed by atoms with Gasteiger partial charge in [0, 0.05) is 6.07 Å². The molecule has 1 rings (SSSR count). The molecule has 0 aliphatic heterocycles. The van der Waals surface area contributed by atoms with E-state index in [0.29, 0.717) is 5.75 Å². The van der Waals surface area contributed by atoms with Crippen LogP contribution in [0.25, 0.3) is 0 Å². The maximum atomic E-state index is 12.9. The molecule has 0 aromatic carbocycles. The van der Waals surface area contributed by atoms with Gasteiger partial charge in [-0.15, -0.1) is 12.4 Å². The van der Waals surface area contributed by atoms with Crippen molar-refractivity contribution < 1.29 is 9.13 Å². The van der Waals surface area contributed by atoms with E-state index in [2.05, 4.69) is 4.98 Å². The molecular weight excluding hydrogens is 197 g/mol. The van der Waals surface area contributed by atoms with Crippen LogP contribution in [-0.4, -0.2) is 17.9 Å². The summed E-state index contributed by atoms with van der Waals surface area (Å²) in [6.45, 7) is 0. The molecule has 0 amide bonds. The first-order valence-corrected chi connectivity index (χ1v) is 3.19. The van der Waals surface area contributed by atoms with Crippen LogP contribution in [-0.2, 0) is 0 Å². The fourth-order valence-corrected chi connectivity index (χ4v) is 0.730. The zero-order valence-electron chi connectivity index (χ0n) is 6.87. The molecule has 13 heavy (non-hydrogen) atoms. The van der Waals surface area contributed by atoms with E-state index in [1.807, 2.05) is 0 Å². The molecular formula is C7H9ClFN3O. The number of aromatic nitrogens is 1. The van der Waals surface area contributed by atoms with Crippen molar-refractivity contribution in [2.24, 2.45) is 5.73 Å². The first kappa shape index (κ1) is 11.6. The van der Waals surface area contributed by atoms with Gasteiger partial charge in [0.2, 0.25) is 0 Å². The van der Waals surface area contributed by atoms with Crippen LogP contribution >= 0.6 is 12.4 Å². The summed E-state index contributed by atoms with van der Waals surface area (Å²) in [4.78, 5) is 3.60. The van der Waals surface area contributed by atoms with Crippen molar-refractivity contribution in [2.45, 2.75) is 0 Å². The van der Waals surface area contributed by atoms with Crippen molar-refractivity contribution in [1.29, 1.82) is 5.41 Å². The number of nitrogens with two attached hydrogens (primary N) is 1. The molecule has 1 heterocycles. The van der Waals surface area contributed by atoms with Gasteiger partial charge >= 0.3 is 0 Å². The second-order valence-electron chi connectivity index (χ2n) is 2.12. The summed E-state index contributed by atoms with van der Waals surface area (Å²) in [5, 5.41) is 6.94. The zero-order chi connectivity index (χ0) is 9.14. The van der Waals surface area contributed by atoms with Gasteiger partial charge in [-0.25, -0.2) is 9.37 Å². The molecule has 0 bridgehead atoms. The Balaban J connectivity index is 0.00000144. The van der Waals surface area contributed by atoms with Gasteiger partial charge in [-0.05, 0) is 0 Å². The van der Waals surface area contributed by atoms with Gasteiger partial charge in [-0.3, -0.25) is 5.41 Å². The number of nitrogen functional groups attached to an aromatic ring is 1. The number of amidine groups is 1. The SMILES string of the molecule is COc1cnc(C(=N)N)c(F)c1.Cl. The predicted molar refractivity (Wildman–Crippen MR) is 49.0 cm³/mol. The minimum absolute atomic E-state index is 0. The Labute approximate surface area is 80.8 Å². The summed E-state index contributed by atoms with van der Waals surface area (Å²) in [6.07, 6.45) is 1.31. The highest BCUT2D eigenvalue weighted by Gasteiger charge is 2.07. The van der Waals surface area contributed by atoms with Crippen LogP contribution in [0.15, 0.2) is 12.3 Å². The van der Waals surface area contributed by atoms with Crippen LogP contribution in [0.1, 0.15) is 5.69 Å². The fraction of sp³-hybridized carbons (Fsp3) is 0.143. The summed E-state index contributed by atoms with van der Waals surface area (Å²) in [5.74, 6) is -0.741. The zero-order valence-corrected chi connectivity index (χ0v) is 7.69. The van der Waals surface area contributed by atoms with Crippen LogP contribution in [0, 0.1) is 11.2 Å². The summed E-state index contributed by atoms with van der Waals surface area (Å²) in [5.41, 5.74) is 4.89. The number of nitrogens with one attached hydrogen (secondary N) is 1.